The number of cyclic esters (lactones) is 1. The van der Waals surface area contributed by atoms with Crippen LogP contribution in [0.4, 0.5) is 0 Å². The molecule has 1 aliphatic heterocycles. The molecule has 0 radical (unpaired) electrons. The zero-order valence-corrected chi connectivity index (χ0v) is 7.80. The Morgan fingerprint density at radius 2 is 2.46 bits per heavy atom. The zero-order valence-electron chi connectivity index (χ0n) is 6.98. The molecular weight excluding hydrogens is 186 g/mol. The van der Waals surface area contributed by atoms with Crippen molar-refractivity contribution in [1.29, 1.82) is 0 Å². The lowest BCUT2D eigenvalue weighted by Crippen LogP contribution is -1.99. The van der Waals surface area contributed by atoms with Crippen LogP contribution in [-0.4, -0.2) is 11.9 Å². The highest BCUT2D eigenvalue weighted by Gasteiger charge is 2.19. The fraction of sp³-hybridized carbons (Fsp3) is 0.111. The maximum absolute atomic E-state index is 11.1. The summed E-state index contributed by atoms with van der Waals surface area (Å²) in [6, 6.07) is 1.92. The average molecular weight is 193 g/mol. The molecule has 66 valence electrons. The van der Waals surface area contributed by atoms with Crippen LogP contribution in [0.1, 0.15) is 12.5 Å². The lowest BCUT2D eigenvalue weighted by atomic mass is 10.3. The molecule has 0 saturated heterocycles. The number of carbonyl (C=O) groups is 1. The van der Waals surface area contributed by atoms with Crippen molar-refractivity contribution in [3.05, 3.63) is 28.1 Å². The van der Waals surface area contributed by atoms with Crippen molar-refractivity contribution in [2.75, 3.05) is 0 Å². The van der Waals surface area contributed by atoms with Crippen LogP contribution < -0.4 is 0 Å². The molecule has 0 unspecified atom stereocenters. The fourth-order valence-corrected chi connectivity index (χ4v) is 1.65. The van der Waals surface area contributed by atoms with Crippen LogP contribution in [0.2, 0.25) is 0 Å². The van der Waals surface area contributed by atoms with E-state index in [0.29, 0.717) is 11.6 Å². The number of hydrogen-bond acceptors (Lipinski definition) is 4. The molecule has 0 aliphatic carbocycles. The van der Waals surface area contributed by atoms with Gasteiger partial charge in [0.15, 0.2) is 11.6 Å². The Hall–Kier alpha value is -1.42. The van der Waals surface area contributed by atoms with Gasteiger partial charge in [-0.3, -0.25) is 0 Å². The number of ether oxygens (including phenoxy) is 1. The zero-order chi connectivity index (χ0) is 9.26. The Morgan fingerprint density at radius 1 is 1.62 bits per heavy atom. The quantitative estimate of drug-likeness (QED) is 0.506. The number of nitrogens with zero attached hydrogens (tertiary/aromatic N) is 1. The lowest BCUT2D eigenvalue weighted by molar-refractivity contribution is -0.130. The van der Waals surface area contributed by atoms with Gasteiger partial charge in [-0.1, -0.05) is 0 Å². The first-order valence-corrected chi connectivity index (χ1v) is 4.71. The molecule has 1 aromatic rings. The molecule has 2 rings (SSSR count). The predicted molar refractivity (Wildman–Crippen MR) is 51.5 cm³/mol. The summed E-state index contributed by atoms with van der Waals surface area (Å²) in [6.45, 7) is 1.66. The monoisotopic (exact) mass is 193 g/mol. The van der Waals surface area contributed by atoms with Crippen molar-refractivity contribution in [3.8, 4) is 0 Å². The summed E-state index contributed by atoms with van der Waals surface area (Å²) in [4.78, 5) is 15.1. The Balaban J connectivity index is 2.31. The lowest BCUT2D eigenvalue weighted by Gasteiger charge is -1.88. The van der Waals surface area contributed by atoms with Gasteiger partial charge >= 0.3 is 5.97 Å². The number of aliphatic imine (C=N–C) groups is 1. The minimum atomic E-state index is -0.372. The maximum Gasteiger partial charge on any atom is 0.363 e. The van der Waals surface area contributed by atoms with Crippen molar-refractivity contribution in [1.82, 2.24) is 0 Å². The predicted octanol–water partition coefficient (Wildman–Crippen LogP) is 2.06. The summed E-state index contributed by atoms with van der Waals surface area (Å²) in [5.74, 6) is 0.0372. The number of hydrogen-bond donors (Lipinski definition) is 0. The minimum Gasteiger partial charge on any atom is -0.407 e. The van der Waals surface area contributed by atoms with Crippen LogP contribution in [-0.2, 0) is 9.53 Å². The third-order valence-electron chi connectivity index (χ3n) is 1.57. The van der Waals surface area contributed by atoms with Crippen LogP contribution in [0.25, 0.3) is 6.08 Å². The largest absolute Gasteiger partial charge is 0.407 e. The second-order valence-corrected chi connectivity index (χ2v) is 3.39. The van der Waals surface area contributed by atoms with Crippen LogP contribution in [0, 0.1) is 0 Å². The molecule has 13 heavy (non-hydrogen) atoms. The van der Waals surface area contributed by atoms with Gasteiger partial charge < -0.3 is 4.74 Å². The smallest absolute Gasteiger partial charge is 0.363 e. The van der Waals surface area contributed by atoms with Crippen LogP contribution in [0.3, 0.4) is 0 Å². The van der Waals surface area contributed by atoms with Gasteiger partial charge in [0.2, 0.25) is 0 Å². The molecule has 1 aliphatic rings. The number of thiophene rings is 1. The molecule has 0 spiro atoms. The molecular formula is C9H7NO2S. The minimum absolute atomic E-state index is 0.371. The van der Waals surface area contributed by atoms with Gasteiger partial charge in [0.05, 0.1) is 0 Å². The van der Waals surface area contributed by atoms with Crippen molar-refractivity contribution < 1.29 is 9.53 Å². The van der Waals surface area contributed by atoms with E-state index in [1.165, 1.54) is 0 Å². The van der Waals surface area contributed by atoms with Crippen molar-refractivity contribution in [2.45, 2.75) is 6.92 Å². The van der Waals surface area contributed by atoms with E-state index in [1.807, 2.05) is 16.8 Å². The molecule has 0 amide bonds. The summed E-state index contributed by atoms with van der Waals surface area (Å²) in [5.41, 5.74) is 1.35. The Morgan fingerprint density at radius 3 is 3.00 bits per heavy atom. The fourth-order valence-electron chi connectivity index (χ4n) is 1.03. The second-order valence-electron chi connectivity index (χ2n) is 2.61. The van der Waals surface area contributed by atoms with Crippen molar-refractivity contribution in [3.63, 3.8) is 0 Å². The van der Waals surface area contributed by atoms with Gasteiger partial charge in [-0.15, -0.1) is 0 Å². The van der Waals surface area contributed by atoms with E-state index in [9.17, 15) is 4.79 Å². The number of rotatable bonds is 1. The summed E-state index contributed by atoms with van der Waals surface area (Å²) < 4.78 is 4.77. The van der Waals surface area contributed by atoms with E-state index >= 15 is 0 Å². The van der Waals surface area contributed by atoms with E-state index < -0.39 is 0 Å². The van der Waals surface area contributed by atoms with E-state index in [1.54, 1.807) is 24.3 Å². The average Bonchev–Trinajstić information content (AvgIpc) is 2.63. The summed E-state index contributed by atoms with van der Waals surface area (Å²) in [6.07, 6.45) is 1.72. The van der Waals surface area contributed by atoms with Gasteiger partial charge in [0.1, 0.15) is 0 Å². The molecule has 0 bridgehead atoms. The van der Waals surface area contributed by atoms with Gasteiger partial charge in [-0.25, -0.2) is 9.79 Å². The molecule has 0 N–H and O–H groups in total. The van der Waals surface area contributed by atoms with Crippen LogP contribution >= 0.6 is 11.3 Å². The molecule has 0 saturated carbocycles. The maximum atomic E-state index is 11.1. The van der Waals surface area contributed by atoms with Crippen LogP contribution in [0.5, 0.6) is 0 Å². The molecule has 2 heterocycles. The highest BCUT2D eigenvalue weighted by Crippen LogP contribution is 2.16. The molecule has 0 atom stereocenters. The molecule has 4 heteroatoms. The first-order valence-electron chi connectivity index (χ1n) is 3.77. The molecule has 1 aromatic heterocycles. The van der Waals surface area contributed by atoms with E-state index in [4.69, 9.17) is 4.74 Å². The van der Waals surface area contributed by atoms with Crippen molar-refractivity contribution in [2.24, 2.45) is 4.99 Å². The normalized spacial score (nSPS) is 19.0. The molecule has 0 aromatic carbocycles. The van der Waals surface area contributed by atoms with Crippen molar-refractivity contribution >= 4 is 29.3 Å². The first-order chi connectivity index (χ1) is 6.25. The summed E-state index contributed by atoms with van der Waals surface area (Å²) in [5, 5.41) is 3.90. The van der Waals surface area contributed by atoms with Gasteiger partial charge in [-0.2, -0.15) is 11.3 Å². The van der Waals surface area contributed by atoms with Gasteiger partial charge in [-0.05, 0) is 28.5 Å². The highest BCUT2D eigenvalue weighted by atomic mass is 32.1. The third kappa shape index (κ3) is 1.67. The van der Waals surface area contributed by atoms with E-state index in [2.05, 4.69) is 4.99 Å². The summed E-state index contributed by atoms with van der Waals surface area (Å²) >= 11 is 1.58. The number of esters is 1. The second kappa shape index (κ2) is 3.14. The van der Waals surface area contributed by atoms with Crippen LogP contribution in [0.15, 0.2) is 27.5 Å². The molecule has 3 nitrogen and oxygen atoms in total. The SMILES string of the molecule is CC1=N/C(=C\c2ccsc2)C(=O)O1. The van der Waals surface area contributed by atoms with E-state index in [-0.39, 0.29) is 5.97 Å². The Labute approximate surface area is 79.4 Å². The van der Waals surface area contributed by atoms with Gasteiger partial charge in [0, 0.05) is 6.92 Å². The number of carbonyl (C=O) groups excluding carboxylic acids is 1. The Bertz CT molecular complexity index is 390. The topological polar surface area (TPSA) is 38.7 Å². The molecule has 0 fully saturated rings. The van der Waals surface area contributed by atoms with E-state index in [0.717, 1.165) is 5.56 Å². The van der Waals surface area contributed by atoms with Gasteiger partial charge in [0.25, 0.3) is 0 Å². The standard InChI is InChI=1S/C9H7NO2S/c1-6-10-8(9(11)12-6)4-7-2-3-13-5-7/h2-5H,1H3/b8-4-. The Kier molecular flexibility index (Phi) is 1.98. The highest BCUT2D eigenvalue weighted by molar-refractivity contribution is 7.08. The first kappa shape index (κ1) is 8.19. The third-order valence-corrected chi connectivity index (χ3v) is 2.28. The summed E-state index contributed by atoms with van der Waals surface area (Å²) in [7, 11) is 0.